The van der Waals surface area contributed by atoms with E-state index in [-0.39, 0.29) is 0 Å². The fourth-order valence-corrected chi connectivity index (χ4v) is 2.32. The van der Waals surface area contributed by atoms with Crippen molar-refractivity contribution in [3.8, 4) is 0 Å². The summed E-state index contributed by atoms with van der Waals surface area (Å²) in [5.74, 6) is 0. The van der Waals surface area contributed by atoms with Gasteiger partial charge in [-0.1, -0.05) is 6.07 Å². The third kappa shape index (κ3) is 7.38. The predicted octanol–water partition coefficient (Wildman–Crippen LogP) is 1.64. The molecule has 124 valence electrons. The number of nitrogens with zero attached hydrogens (tertiary/aromatic N) is 3. The van der Waals surface area contributed by atoms with Crippen LogP contribution in [0.25, 0.3) is 0 Å². The maximum absolute atomic E-state index is 10.1. The first-order valence-corrected chi connectivity index (χ1v) is 7.62. The smallest absolute Gasteiger partial charge is 0.404 e. The fraction of sp³-hybridized carbons (Fsp3) is 0.625. The van der Waals surface area contributed by atoms with Crippen LogP contribution in [0.2, 0.25) is 0 Å². The van der Waals surface area contributed by atoms with Crippen molar-refractivity contribution >= 4 is 6.09 Å². The van der Waals surface area contributed by atoms with E-state index in [1.807, 2.05) is 39.6 Å². The summed E-state index contributed by atoms with van der Waals surface area (Å²) in [4.78, 5) is 16.6. The third-order valence-corrected chi connectivity index (χ3v) is 3.60. The van der Waals surface area contributed by atoms with E-state index in [0.29, 0.717) is 12.6 Å². The minimum absolute atomic E-state index is 0.388. The fourth-order valence-electron chi connectivity index (χ4n) is 2.32. The molecule has 6 nitrogen and oxygen atoms in total. The zero-order valence-corrected chi connectivity index (χ0v) is 14.2. The summed E-state index contributed by atoms with van der Waals surface area (Å²) in [5, 5.41) is 0. The van der Waals surface area contributed by atoms with E-state index < -0.39 is 6.09 Å². The van der Waals surface area contributed by atoms with E-state index >= 15 is 0 Å². The number of primary amides is 1. The van der Waals surface area contributed by atoms with Crippen molar-refractivity contribution in [3.63, 3.8) is 0 Å². The summed E-state index contributed by atoms with van der Waals surface area (Å²) in [5.41, 5.74) is 6.11. The van der Waals surface area contributed by atoms with Gasteiger partial charge in [0.1, 0.15) is 13.2 Å². The molecular weight excluding hydrogens is 280 g/mol. The predicted molar refractivity (Wildman–Crippen MR) is 87.3 cm³/mol. The molecular formula is C16H29N4O2+. The lowest BCUT2D eigenvalue weighted by molar-refractivity contribution is -0.870. The standard InChI is InChI=1S/C10H14N2.C6H14N2O2/c1-12-7-3-5-10(12)9-4-2-6-11-8-9;1-8(2,3)4-5-10-6(7)9/h2,4,6,8,10H,3,5,7H2,1H3;4-5H2,1-3H3,(H-,7,9)/p+1. The number of likely N-dealkylation sites (tertiary alicyclic amines) is 1. The SMILES string of the molecule is CN1CCCC1c1cccnc1.C[N+](C)(C)CCOC(N)=O. The first kappa shape index (κ1) is 18.4. The van der Waals surface area contributed by atoms with Crippen molar-refractivity contribution in [1.29, 1.82) is 0 Å². The Balaban J connectivity index is 0.000000225. The highest BCUT2D eigenvalue weighted by Gasteiger charge is 2.21. The van der Waals surface area contributed by atoms with Crippen LogP contribution in [-0.2, 0) is 4.74 Å². The van der Waals surface area contributed by atoms with Gasteiger partial charge in [-0.25, -0.2) is 4.79 Å². The van der Waals surface area contributed by atoms with Gasteiger partial charge in [0, 0.05) is 18.4 Å². The molecule has 1 aromatic rings. The molecule has 1 atom stereocenters. The van der Waals surface area contributed by atoms with Crippen LogP contribution in [0.3, 0.4) is 0 Å². The molecule has 0 radical (unpaired) electrons. The highest BCUT2D eigenvalue weighted by Crippen LogP contribution is 2.29. The van der Waals surface area contributed by atoms with Gasteiger partial charge in [-0.05, 0) is 38.1 Å². The summed E-state index contributed by atoms with van der Waals surface area (Å²) in [6.07, 6.45) is 5.71. The van der Waals surface area contributed by atoms with Gasteiger partial charge < -0.3 is 15.0 Å². The molecule has 1 aliphatic rings. The van der Waals surface area contributed by atoms with Crippen molar-refractivity contribution in [2.75, 3.05) is 47.9 Å². The number of ether oxygens (including phenoxy) is 1. The summed E-state index contributed by atoms with van der Waals surface area (Å²) in [7, 11) is 8.24. The second kappa shape index (κ2) is 8.70. The number of quaternary nitrogens is 1. The van der Waals surface area contributed by atoms with Gasteiger partial charge in [-0.15, -0.1) is 0 Å². The van der Waals surface area contributed by atoms with Gasteiger partial charge in [-0.3, -0.25) is 9.88 Å². The van der Waals surface area contributed by atoms with Gasteiger partial charge >= 0.3 is 6.09 Å². The maximum Gasteiger partial charge on any atom is 0.404 e. The summed E-state index contributed by atoms with van der Waals surface area (Å²) >= 11 is 0. The maximum atomic E-state index is 10.1. The summed E-state index contributed by atoms with van der Waals surface area (Å²) in [6.45, 7) is 2.39. The topological polar surface area (TPSA) is 68.5 Å². The molecule has 1 fully saturated rings. The molecule has 6 heteroatoms. The number of carbonyl (C=O) groups is 1. The lowest BCUT2D eigenvalue weighted by Crippen LogP contribution is -2.38. The molecule has 1 aliphatic heterocycles. The zero-order chi connectivity index (χ0) is 16.6. The highest BCUT2D eigenvalue weighted by atomic mass is 16.5. The number of amides is 1. The van der Waals surface area contributed by atoms with E-state index in [1.165, 1.54) is 24.9 Å². The molecule has 0 aliphatic carbocycles. The third-order valence-electron chi connectivity index (χ3n) is 3.60. The molecule has 0 aromatic carbocycles. The van der Waals surface area contributed by atoms with Gasteiger partial charge in [0.15, 0.2) is 0 Å². The monoisotopic (exact) mass is 309 g/mol. The van der Waals surface area contributed by atoms with E-state index in [2.05, 4.69) is 27.7 Å². The lowest BCUT2D eigenvalue weighted by atomic mass is 10.1. The molecule has 2 heterocycles. The number of nitrogens with two attached hydrogens (primary N) is 1. The van der Waals surface area contributed by atoms with Crippen LogP contribution in [0.1, 0.15) is 24.4 Å². The summed E-state index contributed by atoms with van der Waals surface area (Å²) < 4.78 is 5.31. The number of aromatic nitrogens is 1. The van der Waals surface area contributed by atoms with Gasteiger partial charge in [-0.2, -0.15) is 0 Å². The second-order valence-electron chi connectivity index (χ2n) is 6.61. The molecule has 1 aromatic heterocycles. The van der Waals surface area contributed by atoms with Crippen LogP contribution in [0.15, 0.2) is 24.5 Å². The van der Waals surface area contributed by atoms with E-state index in [9.17, 15) is 4.79 Å². The van der Waals surface area contributed by atoms with E-state index in [4.69, 9.17) is 5.73 Å². The first-order valence-electron chi connectivity index (χ1n) is 7.62. The van der Waals surface area contributed by atoms with Crippen LogP contribution in [-0.4, -0.2) is 68.3 Å². The molecule has 1 saturated heterocycles. The quantitative estimate of drug-likeness (QED) is 0.859. The van der Waals surface area contributed by atoms with Crippen molar-refractivity contribution in [2.45, 2.75) is 18.9 Å². The van der Waals surface area contributed by atoms with E-state index in [1.54, 1.807) is 0 Å². The van der Waals surface area contributed by atoms with Crippen LogP contribution in [0.4, 0.5) is 4.79 Å². The van der Waals surface area contributed by atoms with Crippen molar-refractivity contribution in [2.24, 2.45) is 5.73 Å². The minimum Gasteiger partial charge on any atom is -0.444 e. The average molecular weight is 309 g/mol. The molecule has 0 saturated carbocycles. The summed E-state index contributed by atoms with van der Waals surface area (Å²) in [6, 6.07) is 4.79. The Morgan fingerprint density at radius 1 is 1.50 bits per heavy atom. The Hall–Kier alpha value is -1.66. The molecule has 2 N–H and O–H groups in total. The largest absolute Gasteiger partial charge is 0.444 e. The Bertz CT molecular complexity index is 445. The Kier molecular flexibility index (Phi) is 7.27. The van der Waals surface area contributed by atoms with Crippen molar-refractivity contribution < 1.29 is 14.0 Å². The van der Waals surface area contributed by atoms with Gasteiger partial charge in [0.05, 0.1) is 21.1 Å². The molecule has 2 rings (SSSR count). The normalized spacial score (nSPS) is 18.5. The van der Waals surface area contributed by atoms with E-state index in [0.717, 1.165) is 11.0 Å². The molecule has 0 bridgehead atoms. The van der Waals surface area contributed by atoms with Crippen LogP contribution in [0, 0.1) is 0 Å². The van der Waals surface area contributed by atoms with Gasteiger partial charge in [0.2, 0.25) is 0 Å². The Labute approximate surface area is 133 Å². The second-order valence-corrected chi connectivity index (χ2v) is 6.61. The van der Waals surface area contributed by atoms with Crippen LogP contribution in [0.5, 0.6) is 0 Å². The number of likely N-dealkylation sites (N-methyl/N-ethyl adjacent to an activating group) is 1. The number of pyridine rings is 1. The highest BCUT2D eigenvalue weighted by molar-refractivity contribution is 5.64. The van der Waals surface area contributed by atoms with Crippen molar-refractivity contribution in [1.82, 2.24) is 9.88 Å². The number of hydrogen-bond acceptors (Lipinski definition) is 4. The number of carbonyl (C=O) groups excluding carboxylic acids is 1. The molecule has 1 amide bonds. The molecule has 0 spiro atoms. The van der Waals surface area contributed by atoms with Crippen LogP contribution < -0.4 is 5.73 Å². The Morgan fingerprint density at radius 3 is 2.68 bits per heavy atom. The van der Waals surface area contributed by atoms with Crippen molar-refractivity contribution in [3.05, 3.63) is 30.1 Å². The average Bonchev–Trinajstić information content (AvgIpc) is 2.85. The minimum atomic E-state index is -0.701. The Morgan fingerprint density at radius 2 is 2.23 bits per heavy atom. The molecule has 22 heavy (non-hydrogen) atoms. The lowest BCUT2D eigenvalue weighted by Gasteiger charge is -2.22. The zero-order valence-electron chi connectivity index (χ0n) is 14.2. The first-order chi connectivity index (χ1) is 10.3. The number of rotatable bonds is 4. The molecule has 1 unspecified atom stereocenters. The number of hydrogen-bond donors (Lipinski definition) is 1. The van der Waals surface area contributed by atoms with Crippen LogP contribution >= 0.6 is 0 Å². The van der Waals surface area contributed by atoms with Gasteiger partial charge in [0.25, 0.3) is 0 Å².